The normalized spacial score (nSPS) is 19.9. The molecule has 1 fully saturated rings. The van der Waals surface area contributed by atoms with Crippen LogP contribution in [0.2, 0.25) is 0 Å². The van der Waals surface area contributed by atoms with Gasteiger partial charge in [-0.1, -0.05) is 49.2 Å². The Morgan fingerprint density at radius 2 is 1.87 bits per heavy atom. The van der Waals surface area contributed by atoms with Crippen molar-refractivity contribution in [3.05, 3.63) is 77.0 Å². The van der Waals surface area contributed by atoms with Crippen LogP contribution in [0.5, 0.6) is 0 Å². The SMILES string of the molecule is NC(=O)c1cnc(NC2CCCCC2N)nc1Nc1ccc2c(c1)CN(S(=O)(=O)Cc1ccccc1)CC2. The second-order valence-corrected chi connectivity index (χ2v) is 11.9. The lowest BCUT2D eigenvalue weighted by Gasteiger charge is -2.29. The second-order valence-electron chi connectivity index (χ2n) is 9.95. The molecule has 1 amide bonds. The average molecular weight is 536 g/mol. The van der Waals surface area contributed by atoms with E-state index in [4.69, 9.17) is 11.5 Å². The zero-order valence-corrected chi connectivity index (χ0v) is 22.0. The summed E-state index contributed by atoms with van der Waals surface area (Å²) in [7, 11) is -3.48. The Morgan fingerprint density at radius 3 is 2.63 bits per heavy atom. The molecule has 3 aromatic rings. The molecule has 1 saturated carbocycles. The van der Waals surface area contributed by atoms with Crippen LogP contribution in [-0.2, 0) is 28.7 Å². The number of nitrogens with two attached hydrogens (primary N) is 2. The van der Waals surface area contributed by atoms with Gasteiger partial charge in [-0.25, -0.2) is 13.4 Å². The van der Waals surface area contributed by atoms with Gasteiger partial charge in [0.1, 0.15) is 11.4 Å². The molecule has 1 aliphatic carbocycles. The molecule has 0 radical (unpaired) electrons. The van der Waals surface area contributed by atoms with E-state index in [9.17, 15) is 13.2 Å². The summed E-state index contributed by atoms with van der Waals surface area (Å²) in [5, 5.41) is 6.50. The molecule has 5 rings (SSSR count). The Balaban J connectivity index is 1.35. The number of carbonyl (C=O) groups excluding carboxylic acids is 1. The van der Waals surface area contributed by atoms with Crippen molar-refractivity contribution in [3.8, 4) is 0 Å². The zero-order valence-electron chi connectivity index (χ0n) is 21.1. The lowest BCUT2D eigenvalue weighted by Crippen LogP contribution is -2.43. The average Bonchev–Trinajstić information content (AvgIpc) is 2.90. The number of nitrogens with one attached hydrogen (secondary N) is 2. The molecule has 2 aliphatic rings. The van der Waals surface area contributed by atoms with E-state index >= 15 is 0 Å². The van der Waals surface area contributed by atoms with Crippen LogP contribution < -0.4 is 22.1 Å². The third kappa shape index (κ3) is 5.95. The van der Waals surface area contributed by atoms with Gasteiger partial charge >= 0.3 is 0 Å². The van der Waals surface area contributed by atoms with Gasteiger partial charge in [0.15, 0.2) is 0 Å². The van der Waals surface area contributed by atoms with E-state index in [0.717, 1.165) is 42.4 Å². The highest BCUT2D eigenvalue weighted by atomic mass is 32.2. The van der Waals surface area contributed by atoms with Gasteiger partial charge < -0.3 is 22.1 Å². The standard InChI is InChI=1S/C27H33N7O3S/c28-23-8-4-5-9-24(23)32-27-30-15-22(25(29)35)26(33-27)31-21-11-10-19-12-13-34(16-20(19)14-21)38(36,37)17-18-6-2-1-3-7-18/h1-3,6-7,10-11,14-15,23-24H,4-5,8-9,12-13,16-17,28H2,(H2,29,35)(H2,30,31,32,33). The van der Waals surface area contributed by atoms with Crippen LogP contribution in [0.3, 0.4) is 0 Å². The van der Waals surface area contributed by atoms with Gasteiger partial charge in [-0.05, 0) is 48.1 Å². The van der Waals surface area contributed by atoms with Gasteiger partial charge in [-0.3, -0.25) is 4.79 Å². The van der Waals surface area contributed by atoms with Crippen LogP contribution in [0.15, 0.2) is 54.7 Å². The molecule has 10 nitrogen and oxygen atoms in total. The predicted octanol–water partition coefficient (Wildman–Crippen LogP) is 2.89. The van der Waals surface area contributed by atoms with Crippen molar-refractivity contribution in [1.82, 2.24) is 14.3 Å². The molecule has 200 valence electrons. The first kappa shape index (κ1) is 26.1. The Bertz CT molecular complexity index is 1420. The largest absolute Gasteiger partial charge is 0.365 e. The molecule has 0 bridgehead atoms. The minimum atomic E-state index is -3.48. The van der Waals surface area contributed by atoms with E-state index < -0.39 is 15.9 Å². The number of benzene rings is 2. The highest BCUT2D eigenvalue weighted by molar-refractivity contribution is 7.88. The molecule has 0 spiro atoms. The second kappa shape index (κ2) is 11.1. The first-order valence-electron chi connectivity index (χ1n) is 12.9. The Hall–Kier alpha value is -3.54. The fourth-order valence-electron chi connectivity index (χ4n) is 5.09. The van der Waals surface area contributed by atoms with Gasteiger partial charge in [0, 0.05) is 37.1 Å². The van der Waals surface area contributed by atoms with Crippen molar-refractivity contribution < 1.29 is 13.2 Å². The molecule has 0 saturated heterocycles. The van der Waals surface area contributed by atoms with E-state index in [2.05, 4.69) is 20.6 Å². The molecule has 1 aromatic heterocycles. The maximum Gasteiger partial charge on any atom is 0.254 e. The van der Waals surface area contributed by atoms with E-state index in [-0.39, 0.29) is 35.8 Å². The smallest absolute Gasteiger partial charge is 0.254 e. The lowest BCUT2D eigenvalue weighted by atomic mass is 9.91. The molecule has 1 aliphatic heterocycles. The summed E-state index contributed by atoms with van der Waals surface area (Å²) < 4.78 is 27.7. The van der Waals surface area contributed by atoms with Gasteiger partial charge in [-0.15, -0.1) is 0 Å². The van der Waals surface area contributed by atoms with Crippen LogP contribution in [0.1, 0.15) is 52.7 Å². The first-order chi connectivity index (χ1) is 18.3. The zero-order chi connectivity index (χ0) is 26.7. The van der Waals surface area contributed by atoms with Crippen molar-refractivity contribution in [2.45, 2.75) is 56.5 Å². The molecule has 2 aromatic carbocycles. The summed E-state index contributed by atoms with van der Waals surface area (Å²) in [4.78, 5) is 20.9. The van der Waals surface area contributed by atoms with E-state index in [1.54, 1.807) is 0 Å². The predicted molar refractivity (Wildman–Crippen MR) is 147 cm³/mol. The van der Waals surface area contributed by atoms with Crippen LogP contribution in [0, 0.1) is 0 Å². The number of amides is 1. The van der Waals surface area contributed by atoms with Crippen LogP contribution in [-0.4, -0.2) is 47.2 Å². The van der Waals surface area contributed by atoms with Gasteiger partial charge in [0.2, 0.25) is 16.0 Å². The summed E-state index contributed by atoms with van der Waals surface area (Å²) in [5.41, 5.74) is 15.4. The van der Waals surface area contributed by atoms with E-state index in [1.165, 1.54) is 10.5 Å². The minimum absolute atomic E-state index is 0.0151. The maximum absolute atomic E-state index is 13.1. The van der Waals surface area contributed by atoms with E-state index in [0.29, 0.717) is 24.6 Å². The summed E-state index contributed by atoms with van der Waals surface area (Å²) in [6.45, 7) is 0.712. The Kier molecular flexibility index (Phi) is 7.59. The Morgan fingerprint density at radius 1 is 1.08 bits per heavy atom. The molecular formula is C27H33N7O3S. The number of hydrogen-bond acceptors (Lipinski definition) is 8. The molecule has 38 heavy (non-hydrogen) atoms. The Labute approximate surface area is 222 Å². The third-order valence-corrected chi connectivity index (χ3v) is 9.02. The monoisotopic (exact) mass is 535 g/mol. The third-order valence-electron chi connectivity index (χ3n) is 7.22. The number of sulfonamides is 1. The topological polar surface area (TPSA) is 156 Å². The minimum Gasteiger partial charge on any atom is -0.365 e. The molecule has 6 N–H and O–H groups in total. The van der Waals surface area contributed by atoms with Crippen molar-refractivity contribution in [1.29, 1.82) is 0 Å². The summed E-state index contributed by atoms with van der Waals surface area (Å²) in [5.74, 6) is -0.0333. The highest BCUT2D eigenvalue weighted by Gasteiger charge is 2.27. The van der Waals surface area contributed by atoms with Crippen LogP contribution >= 0.6 is 0 Å². The quantitative estimate of drug-likeness (QED) is 0.343. The molecule has 2 unspecified atom stereocenters. The summed E-state index contributed by atoms with van der Waals surface area (Å²) in [6, 6.07) is 15.0. The fourth-order valence-corrected chi connectivity index (χ4v) is 6.59. The molecule has 2 heterocycles. The molecule has 11 heteroatoms. The first-order valence-corrected chi connectivity index (χ1v) is 14.5. The number of carbonyl (C=O) groups is 1. The van der Waals surface area contributed by atoms with Gasteiger partial charge in [0.25, 0.3) is 5.91 Å². The number of nitrogens with zero attached hydrogens (tertiary/aromatic N) is 3. The number of hydrogen-bond donors (Lipinski definition) is 4. The van der Waals surface area contributed by atoms with Crippen molar-refractivity contribution >= 4 is 33.4 Å². The van der Waals surface area contributed by atoms with Crippen LogP contribution in [0.4, 0.5) is 17.5 Å². The maximum atomic E-state index is 13.1. The molecular weight excluding hydrogens is 502 g/mol. The number of aromatic nitrogens is 2. The molecule has 2 atom stereocenters. The number of fused-ring (bicyclic) bond motifs is 1. The number of primary amides is 1. The van der Waals surface area contributed by atoms with Crippen molar-refractivity contribution in [2.75, 3.05) is 17.2 Å². The van der Waals surface area contributed by atoms with E-state index in [1.807, 2.05) is 48.5 Å². The number of anilines is 3. The van der Waals surface area contributed by atoms with Gasteiger partial charge in [-0.2, -0.15) is 9.29 Å². The van der Waals surface area contributed by atoms with Crippen molar-refractivity contribution in [2.24, 2.45) is 11.5 Å². The highest BCUT2D eigenvalue weighted by Crippen LogP contribution is 2.28. The number of rotatable bonds is 8. The van der Waals surface area contributed by atoms with Crippen molar-refractivity contribution in [3.63, 3.8) is 0 Å². The van der Waals surface area contributed by atoms with Gasteiger partial charge in [0.05, 0.1) is 5.75 Å². The summed E-state index contributed by atoms with van der Waals surface area (Å²) >= 11 is 0. The fraction of sp³-hybridized carbons (Fsp3) is 0.370. The summed E-state index contributed by atoms with van der Waals surface area (Å²) in [6.07, 6.45) is 6.10. The van der Waals surface area contributed by atoms with Crippen LogP contribution in [0.25, 0.3) is 0 Å². The lowest BCUT2D eigenvalue weighted by molar-refractivity contribution is 0.100.